The van der Waals surface area contributed by atoms with Gasteiger partial charge in [0.05, 0.1) is 18.6 Å². The molecule has 0 bridgehead atoms. The maximum Gasteiger partial charge on any atom is 0.318 e. The van der Waals surface area contributed by atoms with Crippen LogP contribution in [0.15, 0.2) is 6.20 Å². The predicted molar refractivity (Wildman–Crippen MR) is 76.3 cm³/mol. The molecule has 0 saturated carbocycles. The molecule has 0 amide bonds. The largest absolute Gasteiger partial charge is 0.467 e. The van der Waals surface area contributed by atoms with Gasteiger partial charge in [0.25, 0.3) is 0 Å². The molecule has 0 radical (unpaired) electrons. The minimum Gasteiger partial charge on any atom is -0.467 e. The van der Waals surface area contributed by atoms with Crippen molar-refractivity contribution in [3.63, 3.8) is 0 Å². The zero-order valence-electron chi connectivity index (χ0n) is 11.4. The second-order valence-electron chi connectivity index (χ2n) is 4.90. The summed E-state index contributed by atoms with van der Waals surface area (Å²) >= 11 is 5.70. The maximum atomic E-state index is 14.1. The number of aromatic nitrogens is 3. The van der Waals surface area contributed by atoms with Crippen LogP contribution in [0.2, 0.25) is 5.15 Å². The fourth-order valence-electron chi connectivity index (χ4n) is 2.48. The lowest BCUT2D eigenvalue weighted by atomic mass is 10.1. The summed E-state index contributed by atoms with van der Waals surface area (Å²) < 4.78 is 19.2. The van der Waals surface area contributed by atoms with Crippen molar-refractivity contribution in [2.24, 2.45) is 0 Å². The molecule has 21 heavy (non-hydrogen) atoms. The fourth-order valence-corrected chi connectivity index (χ4v) is 2.62. The van der Waals surface area contributed by atoms with Crippen LogP contribution >= 0.6 is 11.6 Å². The molecular weight excluding hydrogens is 299 g/mol. The number of anilines is 1. The van der Waals surface area contributed by atoms with Crippen molar-refractivity contribution in [1.29, 1.82) is 0 Å². The van der Waals surface area contributed by atoms with Gasteiger partial charge in [-0.05, 0) is 12.8 Å². The Morgan fingerprint density at radius 2 is 2.29 bits per heavy atom. The number of ether oxygens (including phenoxy) is 1. The monoisotopic (exact) mass is 312 g/mol. The Labute approximate surface area is 125 Å². The summed E-state index contributed by atoms with van der Waals surface area (Å²) in [5.74, 6) is -0.202. The van der Waals surface area contributed by atoms with E-state index in [-0.39, 0.29) is 16.7 Å². The van der Waals surface area contributed by atoms with Gasteiger partial charge in [-0.15, -0.1) is 0 Å². The van der Waals surface area contributed by atoms with E-state index in [2.05, 4.69) is 15.0 Å². The summed E-state index contributed by atoms with van der Waals surface area (Å²) in [6, 6.07) is 0.0544. The predicted octanol–water partition coefficient (Wildman–Crippen LogP) is 1.79. The molecule has 1 saturated heterocycles. The van der Waals surface area contributed by atoms with E-state index in [4.69, 9.17) is 16.3 Å². The van der Waals surface area contributed by atoms with Gasteiger partial charge < -0.3 is 14.7 Å². The Bertz CT molecular complexity index is 685. The third-order valence-electron chi connectivity index (χ3n) is 3.48. The Balaban J connectivity index is 2.18. The highest BCUT2D eigenvalue weighted by atomic mass is 35.5. The van der Waals surface area contributed by atoms with Crippen LogP contribution in [0.25, 0.3) is 10.9 Å². The van der Waals surface area contributed by atoms with Gasteiger partial charge >= 0.3 is 6.01 Å². The summed E-state index contributed by atoms with van der Waals surface area (Å²) in [6.07, 6.45) is 2.59. The lowest BCUT2D eigenvalue weighted by Crippen LogP contribution is -2.38. The first-order chi connectivity index (χ1) is 10.1. The second-order valence-corrected chi connectivity index (χ2v) is 5.26. The Hall–Kier alpha value is -1.73. The van der Waals surface area contributed by atoms with Gasteiger partial charge in [-0.1, -0.05) is 11.6 Å². The SMILES string of the molecule is COc1nc(N2CCCC(O)C2)c2cnc(Cl)c(F)c2n1. The first kappa shape index (κ1) is 14.2. The third kappa shape index (κ3) is 2.58. The first-order valence-electron chi connectivity index (χ1n) is 6.59. The lowest BCUT2D eigenvalue weighted by molar-refractivity contribution is 0.154. The molecule has 0 aliphatic carbocycles. The summed E-state index contributed by atoms with van der Waals surface area (Å²) in [5.41, 5.74) is 0.0666. The van der Waals surface area contributed by atoms with Crippen molar-refractivity contribution in [3.05, 3.63) is 17.2 Å². The van der Waals surface area contributed by atoms with Gasteiger partial charge in [-0.25, -0.2) is 9.37 Å². The van der Waals surface area contributed by atoms with Crippen LogP contribution in [0.4, 0.5) is 10.2 Å². The van der Waals surface area contributed by atoms with Crippen molar-refractivity contribution >= 4 is 28.3 Å². The van der Waals surface area contributed by atoms with Crippen molar-refractivity contribution < 1.29 is 14.2 Å². The number of rotatable bonds is 2. The topological polar surface area (TPSA) is 71.4 Å². The van der Waals surface area contributed by atoms with E-state index >= 15 is 0 Å². The van der Waals surface area contributed by atoms with E-state index in [1.165, 1.54) is 13.3 Å². The molecule has 1 atom stereocenters. The summed E-state index contributed by atoms with van der Waals surface area (Å²) in [4.78, 5) is 14.0. The van der Waals surface area contributed by atoms with Crippen LogP contribution in [0.3, 0.4) is 0 Å². The molecule has 2 aromatic heterocycles. The van der Waals surface area contributed by atoms with Gasteiger partial charge in [0.1, 0.15) is 11.3 Å². The third-order valence-corrected chi connectivity index (χ3v) is 3.74. The Kier molecular flexibility index (Phi) is 3.77. The smallest absolute Gasteiger partial charge is 0.318 e. The highest BCUT2D eigenvalue weighted by Crippen LogP contribution is 2.31. The molecule has 8 heteroatoms. The number of hydrogen-bond donors (Lipinski definition) is 1. The van der Waals surface area contributed by atoms with Crippen molar-refractivity contribution in [2.45, 2.75) is 18.9 Å². The van der Waals surface area contributed by atoms with Crippen molar-refractivity contribution in [2.75, 3.05) is 25.1 Å². The molecular formula is C13H14ClFN4O2. The number of halogens is 2. The Morgan fingerprint density at radius 3 is 3.00 bits per heavy atom. The number of aliphatic hydroxyl groups excluding tert-OH is 1. The van der Waals surface area contributed by atoms with Gasteiger partial charge in [0.2, 0.25) is 0 Å². The number of nitrogens with zero attached hydrogens (tertiary/aromatic N) is 4. The van der Waals surface area contributed by atoms with Gasteiger partial charge in [0, 0.05) is 19.3 Å². The average Bonchev–Trinajstić information content (AvgIpc) is 2.50. The van der Waals surface area contributed by atoms with E-state index in [1.807, 2.05) is 4.90 Å². The molecule has 6 nitrogen and oxygen atoms in total. The number of fused-ring (bicyclic) bond motifs is 1. The van der Waals surface area contributed by atoms with Gasteiger partial charge in [-0.3, -0.25) is 0 Å². The molecule has 1 fully saturated rings. The van der Waals surface area contributed by atoms with Crippen LogP contribution < -0.4 is 9.64 Å². The van der Waals surface area contributed by atoms with Crippen LogP contribution in [-0.4, -0.2) is 46.4 Å². The van der Waals surface area contributed by atoms with E-state index in [9.17, 15) is 9.50 Å². The molecule has 1 N–H and O–H groups in total. The maximum absolute atomic E-state index is 14.1. The molecule has 1 unspecified atom stereocenters. The number of piperidine rings is 1. The molecule has 0 aromatic carbocycles. The minimum atomic E-state index is -0.700. The average molecular weight is 313 g/mol. The number of methoxy groups -OCH3 is 1. The number of pyridine rings is 1. The number of hydrogen-bond acceptors (Lipinski definition) is 6. The van der Waals surface area contributed by atoms with Gasteiger partial charge in [-0.2, -0.15) is 9.97 Å². The summed E-state index contributed by atoms with van der Waals surface area (Å²) in [7, 11) is 1.41. The zero-order valence-corrected chi connectivity index (χ0v) is 12.1. The van der Waals surface area contributed by atoms with Crippen LogP contribution in [0, 0.1) is 5.82 Å². The lowest BCUT2D eigenvalue weighted by Gasteiger charge is -2.31. The molecule has 1 aliphatic heterocycles. The van der Waals surface area contributed by atoms with Crippen LogP contribution in [-0.2, 0) is 0 Å². The van der Waals surface area contributed by atoms with E-state index in [1.54, 1.807) is 0 Å². The minimum absolute atomic E-state index is 0.0544. The summed E-state index contributed by atoms with van der Waals surface area (Å²) in [5, 5.41) is 10.0. The van der Waals surface area contributed by atoms with Crippen molar-refractivity contribution in [3.8, 4) is 6.01 Å². The number of β-amino-alcohol motifs (C(OH)–C–C–N with tert-alkyl or cyclic N) is 1. The molecule has 3 rings (SSSR count). The zero-order chi connectivity index (χ0) is 15.0. The summed E-state index contributed by atoms with van der Waals surface area (Å²) in [6.45, 7) is 1.15. The fraction of sp³-hybridized carbons (Fsp3) is 0.462. The van der Waals surface area contributed by atoms with E-state index in [0.717, 1.165) is 19.4 Å². The molecule has 1 aliphatic rings. The Morgan fingerprint density at radius 1 is 1.48 bits per heavy atom. The van der Waals surface area contributed by atoms with Gasteiger partial charge in [0.15, 0.2) is 11.0 Å². The van der Waals surface area contributed by atoms with Crippen molar-refractivity contribution in [1.82, 2.24) is 15.0 Å². The standard InChI is InChI=1S/C13H14ClFN4O2/c1-21-13-17-10-8(5-16-11(14)9(10)15)12(18-13)19-4-2-3-7(20)6-19/h5,7,20H,2-4,6H2,1H3. The normalized spacial score (nSPS) is 19.0. The van der Waals surface area contributed by atoms with Crippen LogP contribution in [0.5, 0.6) is 6.01 Å². The highest BCUT2D eigenvalue weighted by molar-refractivity contribution is 6.30. The molecule has 3 heterocycles. The van der Waals surface area contributed by atoms with E-state index in [0.29, 0.717) is 17.7 Å². The molecule has 112 valence electrons. The molecule has 0 spiro atoms. The second kappa shape index (κ2) is 5.57. The van der Waals surface area contributed by atoms with Crippen LogP contribution in [0.1, 0.15) is 12.8 Å². The molecule has 2 aromatic rings. The quantitative estimate of drug-likeness (QED) is 0.852. The van der Waals surface area contributed by atoms with E-state index < -0.39 is 11.9 Å². The number of aliphatic hydroxyl groups is 1. The highest BCUT2D eigenvalue weighted by Gasteiger charge is 2.23. The first-order valence-corrected chi connectivity index (χ1v) is 6.96.